The van der Waals surface area contributed by atoms with Gasteiger partial charge in [0.25, 0.3) is 5.56 Å². The normalized spacial score (nSPS) is 11.2. The van der Waals surface area contributed by atoms with Crippen molar-refractivity contribution < 1.29 is 14.6 Å². The molecular formula is C23H16BrN3O5. The van der Waals surface area contributed by atoms with Crippen molar-refractivity contribution in [1.29, 1.82) is 0 Å². The van der Waals surface area contributed by atoms with Crippen LogP contribution in [0.2, 0.25) is 0 Å². The number of carboxylic acid groups (broad SMARTS) is 1. The molecule has 0 aliphatic heterocycles. The third kappa shape index (κ3) is 4.52. The molecule has 0 fully saturated rings. The number of rotatable bonds is 6. The van der Waals surface area contributed by atoms with Crippen molar-refractivity contribution in [3.63, 3.8) is 0 Å². The highest BCUT2D eigenvalue weighted by atomic mass is 79.9. The van der Waals surface area contributed by atoms with Crippen LogP contribution in [-0.4, -0.2) is 27.0 Å². The monoisotopic (exact) mass is 493 g/mol. The van der Waals surface area contributed by atoms with E-state index in [1.807, 2.05) is 0 Å². The summed E-state index contributed by atoms with van der Waals surface area (Å²) in [5.74, 6) is -0.407. The summed E-state index contributed by atoms with van der Waals surface area (Å²) in [6, 6.07) is 18.4. The van der Waals surface area contributed by atoms with E-state index in [9.17, 15) is 14.4 Å². The lowest BCUT2D eigenvalue weighted by Gasteiger charge is -2.09. The van der Waals surface area contributed by atoms with Crippen molar-refractivity contribution in [2.75, 3.05) is 0 Å². The number of halogens is 1. The number of H-pyrrole nitrogens is 1. The van der Waals surface area contributed by atoms with Crippen LogP contribution in [0.3, 0.4) is 0 Å². The summed E-state index contributed by atoms with van der Waals surface area (Å²) >= 11 is 3.44. The third-order valence-electron chi connectivity index (χ3n) is 4.66. The molecule has 0 saturated carbocycles. The quantitative estimate of drug-likeness (QED) is 0.398. The van der Waals surface area contributed by atoms with Gasteiger partial charge < -0.3 is 14.8 Å². The highest BCUT2D eigenvalue weighted by Crippen LogP contribution is 2.26. The zero-order chi connectivity index (χ0) is 22.7. The molecule has 0 aliphatic rings. The maximum absolute atomic E-state index is 12.5. The molecule has 0 spiro atoms. The number of ether oxygens (including phenoxy) is 1. The van der Waals surface area contributed by atoms with Crippen LogP contribution in [0.5, 0.6) is 5.75 Å². The largest absolute Gasteiger partial charge is 0.488 e. The average Bonchev–Trinajstić information content (AvgIpc) is 2.78. The van der Waals surface area contributed by atoms with Crippen molar-refractivity contribution >= 4 is 39.0 Å². The molecular weight excluding hydrogens is 478 g/mol. The lowest BCUT2D eigenvalue weighted by Crippen LogP contribution is -2.32. The zero-order valence-corrected chi connectivity index (χ0v) is 18.1. The summed E-state index contributed by atoms with van der Waals surface area (Å²) in [7, 11) is 0. The first-order chi connectivity index (χ1) is 15.4. The number of carboxylic acids is 1. The maximum atomic E-state index is 12.5. The molecule has 0 radical (unpaired) electrons. The molecule has 8 nitrogen and oxygen atoms in total. The summed E-state index contributed by atoms with van der Waals surface area (Å²) < 4.78 is 7.21. The molecule has 1 aromatic heterocycles. The standard InChI is InChI=1S/C23H16BrN3O5/c24-18-11-15(7-10-20(18)32-13-14-5-8-16(9-6-14)22(29)30)12-25-27-21(28)17-3-1-2-4-19(17)26-23(27)31/h1-12H,13H2,(H,26,31)(H,29,30). The molecule has 0 atom stereocenters. The van der Waals surface area contributed by atoms with Gasteiger partial charge in [0.05, 0.1) is 27.2 Å². The molecule has 2 N–H and O–H groups in total. The van der Waals surface area contributed by atoms with Crippen LogP contribution in [0, 0.1) is 0 Å². The van der Waals surface area contributed by atoms with E-state index in [2.05, 4.69) is 26.0 Å². The van der Waals surface area contributed by atoms with Gasteiger partial charge >= 0.3 is 11.7 Å². The number of nitrogens with one attached hydrogen (secondary N) is 1. The molecule has 32 heavy (non-hydrogen) atoms. The Kier molecular flexibility index (Phi) is 6.00. The fourth-order valence-electron chi connectivity index (χ4n) is 3.00. The molecule has 4 aromatic rings. The number of benzene rings is 3. The molecule has 1 heterocycles. The van der Waals surface area contributed by atoms with Crippen LogP contribution in [0.15, 0.2) is 85.9 Å². The van der Waals surface area contributed by atoms with E-state index in [4.69, 9.17) is 9.84 Å². The number of aromatic carboxylic acids is 1. The maximum Gasteiger partial charge on any atom is 0.349 e. The zero-order valence-electron chi connectivity index (χ0n) is 16.5. The Morgan fingerprint density at radius 3 is 2.56 bits per heavy atom. The molecule has 9 heteroatoms. The Bertz CT molecular complexity index is 1460. The van der Waals surface area contributed by atoms with Gasteiger partial charge in [-0.05, 0) is 69.5 Å². The second-order valence-corrected chi connectivity index (χ2v) is 7.67. The van der Waals surface area contributed by atoms with Crippen molar-refractivity contribution in [1.82, 2.24) is 9.66 Å². The van der Waals surface area contributed by atoms with Gasteiger partial charge in [-0.25, -0.2) is 9.59 Å². The van der Waals surface area contributed by atoms with Crippen LogP contribution in [0.25, 0.3) is 10.9 Å². The molecule has 160 valence electrons. The Balaban J connectivity index is 1.51. The molecule has 0 aliphatic carbocycles. The number of fused-ring (bicyclic) bond motifs is 1. The second kappa shape index (κ2) is 9.03. The highest BCUT2D eigenvalue weighted by Gasteiger charge is 2.07. The second-order valence-electron chi connectivity index (χ2n) is 6.82. The predicted molar refractivity (Wildman–Crippen MR) is 124 cm³/mol. The molecule has 0 amide bonds. The lowest BCUT2D eigenvalue weighted by molar-refractivity contribution is 0.0697. The van der Waals surface area contributed by atoms with E-state index >= 15 is 0 Å². The molecule has 0 saturated heterocycles. The highest BCUT2D eigenvalue weighted by molar-refractivity contribution is 9.10. The van der Waals surface area contributed by atoms with E-state index in [0.717, 1.165) is 10.2 Å². The topological polar surface area (TPSA) is 114 Å². The van der Waals surface area contributed by atoms with E-state index in [0.29, 0.717) is 26.7 Å². The minimum Gasteiger partial charge on any atom is -0.488 e. The average molecular weight is 494 g/mol. The molecule has 3 aromatic carbocycles. The van der Waals surface area contributed by atoms with Gasteiger partial charge in [0.2, 0.25) is 0 Å². The summed E-state index contributed by atoms with van der Waals surface area (Å²) in [6.45, 7) is 0.258. The smallest absolute Gasteiger partial charge is 0.349 e. The number of hydrogen-bond donors (Lipinski definition) is 2. The Morgan fingerprint density at radius 1 is 1.09 bits per heavy atom. The number of aromatic nitrogens is 2. The van der Waals surface area contributed by atoms with Gasteiger partial charge in [0, 0.05) is 0 Å². The van der Waals surface area contributed by atoms with Crippen molar-refractivity contribution in [3.05, 3.63) is 109 Å². The minimum atomic E-state index is -0.981. The van der Waals surface area contributed by atoms with Gasteiger partial charge in [0.15, 0.2) is 0 Å². The number of aromatic amines is 1. The third-order valence-corrected chi connectivity index (χ3v) is 5.28. The Hall–Kier alpha value is -3.98. The first kappa shape index (κ1) is 21.3. The van der Waals surface area contributed by atoms with Crippen molar-refractivity contribution in [3.8, 4) is 5.75 Å². The van der Waals surface area contributed by atoms with Crippen LogP contribution >= 0.6 is 15.9 Å². The van der Waals surface area contributed by atoms with E-state index in [1.54, 1.807) is 54.6 Å². The van der Waals surface area contributed by atoms with Gasteiger partial charge in [-0.1, -0.05) is 24.3 Å². The lowest BCUT2D eigenvalue weighted by atomic mass is 10.1. The van der Waals surface area contributed by atoms with Crippen LogP contribution in [-0.2, 0) is 6.61 Å². The molecule has 4 rings (SSSR count). The number of hydrogen-bond acceptors (Lipinski definition) is 5. The summed E-state index contributed by atoms with van der Waals surface area (Å²) in [5.41, 5.74) is 1.00. The van der Waals surface area contributed by atoms with E-state index < -0.39 is 17.2 Å². The number of nitrogens with zero attached hydrogens (tertiary/aromatic N) is 2. The van der Waals surface area contributed by atoms with Crippen LogP contribution < -0.4 is 16.0 Å². The summed E-state index contributed by atoms with van der Waals surface area (Å²) in [6.07, 6.45) is 1.41. The van der Waals surface area contributed by atoms with E-state index in [1.165, 1.54) is 18.3 Å². The van der Waals surface area contributed by atoms with Gasteiger partial charge in [-0.2, -0.15) is 5.10 Å². The van der Waals surface area contributed by atoms with Crippen molar-refractivity contribution in [2.45, 2.75) is 6.61 Å². The fourth-order valence-corrected chi connectivity index (χ4v) is 3.51. The van der Waals surface area contributed by atoms with Gasteiger partial charge in [0.1, 0.15) is 12.4 Å². The summed E-state index contributed by atoms with van der Waals surface area (Å²) in [5, 5.41) is 13.4. The minimum absolute atomic E-state index is 0.211. The van der Waals surface area contributed by atoms with Crippen LogP contribution in [0.4, 0.5) is 0 Å². The molecule has 0 unspecified atom stereocenters. The SMILES string of the molecule is O=C(O)c1ccc(COc2ccc(C=Nn3c(=O)[nH]c4ccccc4c3=O)cc2Br)cc1. The van der Waals surface area contributed by atoms with E-state index in [-0.39, 0.29) is 12.2 Å². The first-order valence-corrected chi connectivity index (χ1v) is 10.2. The molecule has 0 bridgehead atoms. The van der Waals surface area contributed by atoms with Gasteiger partial charge in [-0.3, -0.25) is 4.79 Å². The van der Waals surface area contributed by atoms with Gasteiger partial charge in [-0.15, -0.1) is 4.68 Å². The van der Waals surface area contributed by atoms with Crippen molar-refractivity contribution in [2.24, 2.45) is 5.10 Å². The summed E-state index contributed by atoms with van der Waals surface area (Å²) in [4.78, 5) is 38.3. The predicted octanol–water partition coefficient (Wildman–Crippen LogP) is 3.61. The number of para-hydroxylation sites is 1. The van der Waals surface area contributed by atoms with Crippen LogP contribution in [0.1, 0.15) is 21.5 Å². The fraction of sp³-hybridized carbons (Fsp3) is 0.0435. The Labute approximate surface area is 189 Å². The number of carbonyl (C=O) groups is 1. The Morgan fingerprint density at radius 2 is 1.84 bits per heavy atom. The first-order valence-electron chi connectivity index (χ1n) is 9.45.